The molecule has 0 saturated heterocycles. The van der Waals surface area contributed by atoms with E-state index in [-0.39, 0.29) is 0 Å². The Kier molecular flexibility index (Phi) is 2.45. The van der Waals surface area contributed by atoms with Crippen LogP contribution in [0.4, 0.5) is 5.69 Å². The van der Waals surface area contributed by atoms with Gasteiger partial charge in [0.15, 0.2) is 0 Å². The van der Waals surface area contributed by atoms with Crippen LogP contribution in [0.1, 0.15) is 24.8 Å². The molecule has 0 aromatic heterocycles. The fourth-order valence-corrected chi connectivity index (χ4v) is 1.85. The Hall–Kier alpha value is -0.690. The molecule has 0 aliphatic heterocycles. The van der Waals surface area contributed by atoms with Gasteiger partial charge >= 0.3 is 0 Å². The van der Waals surface area contributed by atoms with Gasteiger partial charge in [-0.2, -0.15) is 0 Å². The second-order valence-electron chi connectivity index (χ2n) is 3.70. The number of nitrogens with one attached hydrogen (secondary N) is 1. The van der Waals surface area contributed by atoms with E-state index in [1.807, 2.05) is 12.1 Å². The molecule has 1 aliphatic rings. The highest BCUT2D eigenvalue weighted by molar-refractivity contribution is 6.33. The molecule has 1 aromatic rings. The smallest absolute Gasteiger partial charge is 0.0640 e. The molecule has 0 radical (unpaired) electrons. The number of benzene rings is 1. The molecule has 1 fully saturated rings. The summed E-state index contributed by atoms with van der Waals surface area (Å²) in [6.07, 6.45) is 3.91. The molecular formula is C11H14ClN. The number of para-hydroxylation sites is 1. The Morgan fingerprint density at radius 1 is 1.38 bits per heavy atom. The van der Waals surface area contributed by atoms with Gasteiger partial charge in [0.25, 0.3) is 0 Å². The highest BCUT2D eigenvalue weighted by Crippen LogP contribution is 2.30. The first-order valence-electron chi connectivity index (χ1n) is 4.79. The van der Waals surface area contributed by atoms with Gasteiger partial charge in [-0.1, -0.05) is 23.7 Å². The highest BCUT2D eigenvalue weighted by atomic mass is 35.5. The normalized spacial score (nSPS) is 16.8. The second-order valence-corrected chi connectivity index (χ2v) is 4.11. The van der Waals surface area contributed by atoms with Crippen molar-refractivity contribution in [2.45, 2.75) is 32.2 Å². The molecule has 1 nitrogen and oxygen atoms in total. The Balaban J connectivity index is 2.17. The largest absolute Gasteiger partial charge is 0.381 e. The topological polar surface area (TPSA) is 12.0 Å². The van der Waals surface area contributed by atoms with Crippen molar-refractivity contribution in [1.29, 1.82) is 0 Å². The lowest BCUT2D eigenvalue weighted by Crippen LogP contribution is -2.27. The van der Waals surface area contributed by atoms with Crippen LogP contribution in [0.5, 0.6) is 0 Å². The lowest BCUT2D eigenvalue weighted by molar-refractivity contribution is 0.445. The van der Waals surface area contributed by atoms with E-state index < -0.39 is 0 Å². The predicted octanol–water partition coefficient (Wildman–Crippen LogP) is 3.61. The highest BCUT2D eigenvalue weighted by Gasteiger charge is 2.18. The van der Waals surface area contributed by atoms with Crippen LogP contribution >= 0.6 is 11.6 Å². The van der Waals surface area contributed by atoms with Gasteiger partial charge in [0.2, 0.25) is 0 Å². The number of hydrogen-bond acceptors (Lipinski definition) is 1. The zero-order valence-corrected chi connectivity index (χ0v) is 8.56. The average Bonchev–Trinajstić information content (AvgIpc) is 2.00. The SMILES string of the molecule is Cc1cccc(Cl)c1NC1CCC1. The van der Waals surface area contributed by atoms with E-state index in [4.69, 9.17) is 11.6 Å². The van der Waals surface area contributed by atoms with Crippen molar-refractivity contribution >= 4 is 17.3 Å². The van der Waals surface area contributed by atoms with Crippen molar-refractivity contribution in [3.05, 3.63) is 28.8 Å². The summed E-state index contributed by atoms with van der Waals surface area (Å²) in [5.41, 5.74) is 2.35. The molecule has 70 valence electrons. The lowest BCUT2D eigenvalue weighted by Gasteiger charge is -2.28. The molecule has 0 atom stereocenters. The molecule has 1 aliphatic carbocycles. The zero-order chi connectivity index (χ0) is 9.26. The summed E-state index contributed by atoms with van der Waals surface area (Å²) < 4.78 is 0. The van der Waals surface area contributed by atoms with Crippen LogP contribution in [0, 0.1) is 6.92 Å². The average molecular weight is 196 g/mol. The van der Waals surface area contributed by atoms with Gasteiger partial charge in [-0.15, -0.1) is 0 Å². The molecule has 0 amide bonds. The van der Waals surface area contributed by atoms with E-state index in [9.17, 15) is 0 Å². The molecule has 2 rings (SSSR count). The monoisotopic (exact) mass is 195 g/mol. The third kappa shape index (κ3) is 1.80. The molecule has 0 unspecified atom stereocenters. The van der Waals surface area contributed by atoms with E-state index in [2.05, 4.69) is 18.3 Å². The summed E-state index contributed by atoms with van der Waals surface area (Å²) in [5, 5.41) is 4.32. The predicted molar refractivity (Wildman–Crippen MR) is 57.5 cm³/mol. The lowest BCUT2D eigenvalue weighted by atomic mass is 9.92. The number of anilines is 1. The van der Waals surface area contributed by atoms with Gasteiger partial charge in [-0.05, 0) is 37.8 Å². The minimum Gasteiger partial charge on any atom is -0.381 e. The quantitative estimate of drug-likeness (QED) is 0.760. The number of rotatable bonds is 2. The zero-order valence-electron chi connectivity index (χ0n) is 7.81. The first-order chi connectivity index (χ1) is 6.27. The maximum atomic E-state index is 6.09. The maximum Gasteiger partial charge on any atom is 0.0640 e. The third-order valence-corrected chi connectivity index (χ3v) is 2.99. The number of aryl methyl sites for hydroxylation is 1. The van der Waals surface area contributed by atoms with E-state index in [0.717, 1.165) is 10.7 Å². The minimum absolute atomic E-state index is 0.651. The summed E-state index contributed by atoms with van der Waals surface area (Å²) in [4.78, 5) is 0. The van der Waals surface area contributed by atoms with Crippen LogP contribution in [-0.2, 0) is 0 Å². The van der Waals surface area contributed by atoms with Crippen molar-refractivity contribution in [3.8, 4) is 0 Å². The van der Waals surface area contributed by atoms with Crippen molar-refractivity contribution in [2.75, 3.05) is 5.32 Å². The van der Waals surface area contributed by atoms with E-state index in [1.54, 1.807) is 0 Å². The molecule has 1 saturated carbocycles. The summed E-state index contributed by atoms with van der Waals surface area (Å²) in [6.45, 7) is 2.09. The number of halogens is 1. The summed E-state index contributed by atoms with van der Waals surface area (Å²) in [6, 6.07) is 6.67. The summed E-state index contributed by atoms with van der Waals surface area (Å²) >= 11 is 6.09. The fourth-order valence-electron chi connectivity index (χ4n) is 1.57. The molecule has 0 bridgehead atoms. The van der Waals surface area contributed by atoms with Crippen LogP contribution in [0.2, 0.25) is 5.02 Å². The first kappa shape index (κ1) is 8.89. The van der Waals surface area contributed by atoms with Crippen LogP contribution in [0.15, 0.2) is 18.2 Å². The Bertz CT molecular complexity index is 285. The van der Waals surface area contributed by atoms with Gasteiger partial charge in [-0.25, -0.2) is 0 Å². The Morgan fingerprint density at radius 2 is 2.15 bits per heavy atom. The standard InChI is InChI=1S/C11H14ClN/c1-8-4-2-7-10(12)11(8)13-9-5-3-6-9/h2,4,7,9,13H,3,5-6H2,1H3. The Labute approximate surface area is 84.1 Å². The van der Waals surface area contributed by atoms with Crippen molar-refractivity contribution in [1.82, 2.24) is 0 Å². The molecule has 0 spiro atoms. The van der Waals surface area contributed by atoms with E-state index in [0.29, 0.717) is 6.04 Å². The first-order valence-corrected chi connectivity index (χ1v) is 5.17. The van der Waals surface area contributed by atoms with Crippen molar-refractivity contribution in [3.63, 3.8) is 0 Å². The molecule has 13 heavy (non-hydrogen) atoms. The van der Waals surface area contributed by atoms with Crippen molar-refractivity contribution in [2.24, 2.45) is 0 Å². The minimum atomic E-state index is 0.651. The van der Waals surface area contributed by atoms with Gasteiger partial charge in [0.05, 0.1) is 10.7 Å². The van der Waals surface area contributed by atoms with Crippen molar-refractivity contribution < 1.29 is 0 Å². The molecule has 1 N–H and O–H groups in total. The van der Waals surface area contributed by atoms with Crippen LogP contribution in [-0.4, -0.2) is 6.04 Å². The van der Waals surface area contributed by atoms with Gasteiger partial charge in [0.1, 0.15) is 0 Å². The molecule has 0 heterocycles. The second kappa shape index (κ2) is 3.59. The van der Waals surface area contributed by atoms with Gasteiger partial charge in [0, 0.05) is 6.04 Å². The Morgan fingerprint density at radius 3 is 2.69 bits per heavy atom. The van der Waals surface area contributed by atoms with Crippen LogP contribution in [0.25, 0.3) is 0 Å². The fraction of sp³-hybridized carbons (Fsp3) is 0.455. The number of hydrogen-bond donors (Lipinski definition) is 1. The summed E-state index contributed by atoms with van der Waals surface area (Å²) in [5.74, 6) is 0. The summed E-state index contributed by atoms with van der Waals surface area (Å²) in [7, 11) is 0. The van der Waals surface area contributed by atoms with Gasteiger partial charge < -0.3 is 5.32 Å². The van der Waals surface area contributed by atoms with E-state index in [1.165, 1.54) is 24.8 Å². The third-order valence-electron chi connectivity index (χ3n) is 2.68. The van der Waals surface area contributed by atoms with Gasteiger partial charge in [-0.3, -0.25) is 0 Å². The maximum absolute atomic E-state index is 6.09. The van der Waals surface area contributed by atoms with Crippen LogP contribution in [0.3, 0.4) is 0 Å². The molecular weight excluding hydrogens is 182 g/mol. The molecule has 2 heteroatoms. The van der Waals surface area contributed by atoms with E-state index >= 15 is 0 Å². The molecule has 1 aromatic carbocycles. The van der Waals surface area contributed by atoms with Crippen LogP contribution < -0.4 is 5.32 Å².